The number of para-hydroxylation sites is 1. The second-order valence-electron chi connectivity index (χ2n) is 9.48. The third kappa shape index (κ3) is 4.59. The minimum absolute atomic E-state index is 0.0131. The summed E-state index contributed by atoms with van der Waals surface area (Å²) in [7, 11) is 3.49. The molecule has 6 rings (SSSR count). The number of hydrogen-bond donors (Lipinski definition) is 2. The van der Waals surface area contributed by atoms with Crippen molar-refractivity contribution in [2.45, 2.75) is 13.3 Å². The van der Waals surface area contributed by atoms with E-state index in [1.807, 2.05) is 6.07 Å². The molecule has 41 heavy (non-hydrogen) atoms. The van der Waals surface area contributed by atoms with E-state index >= 15 is 0 Å². The zero-order valence-electron chi connectivity index (χ0n) is 22.0. The molecule has 0 bridgehead atoms. The van der Waals surface area contributed by atoms with Crippen LogP contribution in [0.1, 0.15) is 37.8 Å². The molecule has 0 radical (unpaired) electrons. The van der Waals surface area contributed by atoms with E-state index in [-0.39, 0.29) is 15.4 Å². The third-order valence-corrected chi connectivity index (χ3v) is 7.73. The number of rotatable bonds is 6. The maximum Gasteiger partial charge on any atom is 0.280 e. The summed E-state index contributed by atoms with van der Waals surface area (Å²) in [6.07, 6.45) is 2.25. The lowest BCUT2D eigenvalue weighted by atomic mass is 10.0. The molecular formula is C28H22F2N8O2S. The number of amides is 2. The first-order valence-electron chi connectivity index (χ1n) is 12.4. The van der Waals surface area contributed by atoms with Gasteiger partial charge in [-0.15, -0.1) is 11.3 Å². The van der Waals surface area contributed by atoms with Crippen LogP contribution >= 0.6 is 11.3 Å². The van der Waals surface area contributed by atoms with Crippen LogP contribution in [0.3, 0.4) is 0 Å². The molecule has 0 aliphatic heterocycles. The first-order valence-corrected chi connectivity index (χ1v) is 13.2. The average molecular weight is 573 g/mol. The summed E-state index contributed by atoms with van der Waals surface area (Å²) in [5, 5.41) is 12.3. The average Bonchev–Trinajstić information content (AvgIpc) is 3.63. The lowest BCUT2D eigenvalue weighted by molar-refractivity contribution is 0.100. The molecule has 0 aliphatic rings. The van der Waals surface area contributed by atoms with Gasteiger partial charge in [0.15, 0.2) is 0 Å². The van der Waals surface area contributed by atoms with Gasteiger partial charge >= 0.3 is 0 Å². The summed E-state index contributed by atoms with van der Waals surface area (Å²) in [6, 6.07) is 10.1. The van der Waals surface area contributed by atoms with E-state index in [1.54, 1.807) is 73.2 Å². The Morgan fingerprint density at radius 1 is 1.05 bits per heavy atom. The summed E-state index contributed by atoms with van der Waals surface area (Å²) in [5.41, 5.74) is 8.94. The molecular weight excluding hydrogens is 550 g/mol. The molecule has 206 valence electrons. The van der Waals surface area contributed by atoms with Gasteiger partial charge < -0.3 is 11.1 Å². The van der Waals surface area contributed by atoms with Crippen LogP contribution in [-0.2, 0) is 14.1 Å². The van der Waals surface area contributed by atoms with Crippen molar-refractivity contribution < 1.29 is 18.4 Å². The lowest BCUT2D eigenvalue weighted by Gasteiger charge is -2.12. The summed E-state index contributed by atoms with van der Waals surface area (Å²) in [5.74, 6) is -1.37. The van der Waals surface area contributed by atoms with Gasteiger partial charge in [0, 0.05) is 48.4 Å². The number of carbonyl (C=O) groups excluding carboxylic acids is 2. The Morgan fingerprint density at radius 2 is 1.83 bits per heavy atom. The maximum absolute atomic E-state index is 14.0. The van der Waals surface area contributed by atoms with E-state index in [2.05, 4.69) is 20.5 Å². The minimum Gasteiger partial charge on any atom is -0.365 e. The molecule has 1 aromatic carbocycles. The van der Waals surface area contributed by atoms with Crippen molar-refractivity contribution in [2.75, 3.05) is 5.32 Å². The summed E-state index contributed by atoms with van der Waals surface area (Å²) in [6.45, 7) is 1.74. The zero-order chi connectivity index (χ0) is 29.0. The third-order valence-electron chi connectivity index (χ3n) is 6.63. The minimum atomic E-state index is -2.86. The van der Waals surface area contributed by atoms with Gasteiger partial charge in [-0.25, -0.2) is 18.7 Å². The van der Waals surface area contributed by atoms with Crippen molar-refractivity contribution in [3.63, 3.8) is 0 Å². The molecule has 0 unspecified atom stereocenters. The standard InChI is InChI=1S/C28H22F2N8O2S/c1-13-18(12-38(3)36-13)16-8-21(25(29)30)34-28-22(16)23(24(41-28)26(31)39)35-27(40)17-9-20(14-10-32-37(2)11-14)33-19-7-5-4-6-15(17)19/h4-12,25H,1-3H3,(H2,31,39)(H,35,40). The second kappa shape index (κ2) is 9.86. The number of nitrogens with one attached hydrogen (secondary N) is 1. The molecule has 5 aromatic heterocycles. The Kier molecular flexibility index (Phi) is 6.30. The molecule has 0 aliphatic carbocycles. The SMILES string of the molecule is Cc1nn(C)cc1-c1cc(C(F)F)nc2sc(C(N)=O)c(NC(=O)c3cc(-c4cnn(C)c4)nc4ccccc34)c12. The van der Waals surface area contributed by atoms with Crippen molar-refractivity contribution in [1.82, 2.24) is 29.5 Å². The molecule has 2 amide bonds. The lowest BCUT2D eigenvalue weighted by Crippen LogP contribution is -2.17. The van der Waals surface area contributed by atoms with E-state index < -0.39 is 23.9 Å². The van der Waals surface area contributed by atoms with Gasteiger partial charge in [-0.2, -0.15) is 10.2 Å². The van der Waals surface area contributed by atoms with Crippen LogP contribution in [-0.4, -0.2) is 41.3 Å². The molecule has 13 heteroatoms. The Labute approximate surface area is 235 Å². The fourth-order valence-electron chi connectivity index (χ4n) is 4.84. The highest BCUT2D eigenvalue weighted by Gasteiger charge is 2.27. The van der Waals surface area contributed by atoms with Gasteiger partial charge in [-0.1, -0.05) is 18.2 Å². The van der Waals surface area contributed by atoms with E-state index in [1.165, 1.54) is 6.07 Å². The van der Waals surface area contributed by atoms with Gasteiger partial charge in [-0.05, 0) is 30.7 Å². The van der Waals surface area contributed by atoms with E-state index in [0.717, 1.165) is 11.3 Å². The smallest absolute Gasteiger partial charge is 0.280 e. The van der Waals surface area contributed by atoms with E-state index in [4.69, 9.17) is 10.7 Å². The van der Waals surface area contributed by atoms with Crippen LogP contribution in [0.15, 0.2) is 55.0 Å². The predicted octanol–water partition coefficient (Wildman–Crippen LogP) is 5.24. The highest BCUT2D eigenvalue weighted by Crippen LogP contribution is 2.43. The highest BCUT2D eigenvalue weighted by molar-refractivity contribution is 7.21. The van der Waals surface area contributed by atoms with Crippen LogP contribution in [0.25, 0.3) is 43.5 Å². The molecule has 5 heterocycles. The number of halogens is 2. The van der Waals surface area contributed by atoms with E-state index in [0.29, 0.717) is 49.9 Å². The topological polar surface area (TPSA) is 134 Å². The zero-order valence-corrected chi connectivity index (χ0v) is 22.8. The van der Waals surface area contributed by atoms with Crippen LogP contribution in [0.4, 0.5) is 14.5 Å². The van der Waals surface area contributed by atoms with Crippen molar-refractivity contribution in [2.24, 2.45) is 19.8 Å². The molecule has 0 spiro atoms. The van der Waals surface area contributed by atoms with Crippen LogP contribution in [0.2, 0.25) is 0 Å². The van der Waals surface area contributed by atoms with Crippen molar-refractivity contribution in [3.05, 3.63) is 76.8 Å². The van der Waals surface area contributed by atoms with Crippen LogP contribution in [0, 0.1) is 6.92 Å². The number of fused-ring (bicyclic) bond motifs is 2. The van der Waals surface area contributed by atoms with Crippen molar-refractivity contribution in [3.8, 4) is 22.4 Å². The first kappa shape index (κ1) is 26.2. The number of thiophene rings is 1. The number of aromatic nitrogens is 6. The maximum atomic E-state index is 14.0. The molecule has 3 N–H and O–H groups in total. The normalized spacial score (nSPS) is 11.6. The fraction of sp³-hybridized carbons (Fsp3) is 0.143. The Hall–Kier alpha value is -5.04. The molecule has 0 saturated heterocycles. The van der Waals surface area contributed by atoms with Gasteiger partial charge in [0.2, 0.25) is 0 Å². The Balaban J connectivity index is 1.57. The monoisotopic (exact) mass is 572 g/mol. The van der Waals surface area contributed by atoms with Crippen LogP contribution < -0.4 is 11.1 Å². The Bertz CT molecular complexity index is 2010. The molecule has 0 saturated carbocycles. The number of hydrogen-bond acceptors (Lipinski definition) is 7. The molecule has 6 aromatic rings. The number of nitrogens with two attached hydrogens (primary N) is 1. The van der Waals surface area contributed by atoms with Crippen molar-refractivity contribution in [1.29, 1.82) is 0 Å². The first-order chi connectivity index (χ1) is 19.6. The number of carbonyl (C=O) groups is 2. The number of benzene rings is 1. The van der Waals surface area contributed by atoms with Gasteiger partial charge in [0.1, 0.15) is 15.4 Å². The summed E-state index contributed by atoms with van der Waals surface area (Å²) in [4.78, 5) is 35.5. The number of nitrogens with zero attached hydrogens (tertiary/aromatic N) is 6. The van der Waals surface area contributed by atoms with Gasteiger partial charge in [0.25, 0.3) is 18.2 Å². The number of aryl methyl sites for hydroxylation is 3. The number of primary amides is 1. The Morgan fingerprint density at radius 3 is 2.49 bits per heavy atom. The highest BCUT2D eigenvalue weighted by atomic mass is 32.1. The number of anilines is 1. The number of pyridine rings is 2. The van der Waals surface area contributed by atoms with Crippen molar-refractivity contribution >= 4 is 50.0 Å². The largest absolute Gasteiger partial charge is 0.365 e. The second-order valence-corrected chi connectivity index (χ2v) is 10.5. The van der Waals surface area contributed by atoms with Crippen LogP contribution in [0.5, 0.6) is 0 Å². The molecule has 0 atom stereocenters. The predicted molar refractivity (Wildman–Crippen MR) is 152 cm³/mol. The quantitative estimate of drug-likeness (QED) is 0.280. The van der Waals surface area contributed by atoms with Gasteiger partial charge in [0.05, 0.1) is 34.4 Å². The fourth-order valence-corrected chi connectivity index (χ4v) is 5.86. The molecule has 0 fully saturated rings. The van der Waals surface area contributed by atoms with E-state index in [9.17, 15) is 18.4 Å². The summed E-state index contributed by atoms with van der Waals surface area (Å²) < 4.78 is 30.9. The van der Waals surface area contributed by atoms with Gasteiger partial charge in [-0.3, -0.25) is 19.0 Å². The number of alkyl halides is 2. The summed E-state index contributed by atoms with van der Waals surface area (Å²) >= 11 is 0.844. The molecule has 10 nitrogen and oxygen atoms in total.